The quantitative estimate of drug-likeness (QED) is 0.424. The van der Waals surface area contributed by atoms with Crippen molar-refractivity contribution in [2.45, 2.75) is 5.92 Å². The fourth-order valence-corrected chi connectivity index (χ4v) is 3.79. The molecule has 0 saturated heterocycles. The molecule has 3 nitrogen and oxygen atoms in total. The topological polar surface area (TPSA) is 38.2 Å². The van der Waals surface area contributed by atoms with Gasteiger partial charge >= 0.3 is 0 Å². The van der Waals surface area contributed by atoms with E-state index in [1.165, 1.54) is 16.5 Å². The number of aromatic nitrogens is 1. The highest BCUT2D eigenvalue weighted by atomic mass is 16.5. The molecule has 1 unspecified atom stereocenters. The molecule has 0 saturated carbocycles. The van der Waals surface area contributed by atoms with Crippen LogP contribution >= 0.6 is 0 Å². The van der Waals surface area contributed by atoms with Crippen LogP contribution in [0.25, 0.3) is 21.9 Å². The van der Waals surface area contributed by atoms with Crippen molar-refractivity contribution >= 4 is 21.9 Å². The van der Waals surface area contributed by atoms with Gasteiger partial charge in [-0.2, -0.15) is 0 Å². The van der Waals surface area contributed by atoms with E-state index in [4.69, 9.17) is 9.15 Å². The summed E-state index contributed by atoms with van der Waals surface area (Å²) in [5.74, 6) is 1.77. The van der Waals surface area contributed by atoms with E-state index >= 15 is 0 Å². The first-order valence-electron chi connectivity index (χ1n) is 9.02. The molecule has 2 aromatic heterocycles. The third-order valence-corrected chi connectivity index (χ3v) is 5.09. The van der Waals surface area contributed by atoms with Gasteiger partial charge in [-0.05, 0) is 41.5 Å². The summed E-state index contributed by atoms with van der Waals surface area (Å²) in [7, 11) is 1.68. The van der Waals surface area contributed by atoms with Gasteiger partial charge in [-0.1, -0.05) is 48.5 Å². The lowest BCUT2D eigenvalue weighted by atomic mass is 9.89. The highest BCUT2D eigenvalue weighted by Gasteiger charge is 2.23. The molecule has 0 aliphatic carbocycles. The van der Waals surface area contributed by atoms with Crippen molar-refractivity contribution in [2.75, 3.05) is 7.11 Å². The Morgan fingerprint density at radius 2 is 1.70 bits per heavy atom. The lowest BCUT2D eigenvalue weighted by Crippen LogP contribution is -2.01. The molecule has 132 valence electrons. The van der Waals surface area contributed by atoms with Crippen molar-refractivity contribution < 1.29 is 9.15 Å². The Morgan fingerprint density at radius 3 is 2.56 bits per heavy atom. The molecule has 5 aromatic rings. The van der Waals surface area contributed by atoms with Crippen LogP contribution in [0.1, 0.15) is 22.8 Å². The Hall–Kier alpha value is -3.46. The third kappa shape index (κ3) is 2.68. The second-order valence-corrected chi connectivity index (χ2v) is 6.69. The summed E-state index contributed by atoms with van der Waals surface area (Å²) in [6, 6.07) is 26.9. The number of ether oxygens (including phenoxy) is 1. The van der Waals surface area contributed by atoms with E-state index in [0.717, 1.165) is 28.0 Å². The molecule has 0 aliphatic rings. The Labute approximate surface area is 157 Å². The third-order valence-electron chi connectivity index (χ3n) is 5.09. The Bertz CT molecular complexity index is 1220. The first kappa shape index (κ1) is 15.8. The summed E-state index contributed by atoms with van der Waals surface area (Å²) in [4.78, 5) is 3.40. The monoisotopic (exact) mass is 353 g/mol. The highest BCUT2D eigenvalue weighted by molar-refractivity contribution is 5.85. The maximum atomic E-state index is 6.29. The first-order chi connectivity index (χ1) is 13.3. The van der Waals surface area contributed by atoms with Crippen molar-refractivity contribution in [3.63, 3.8) is 0 Å². The van der Waals surface area contributed by atoms with E-state index in [0.29, 0.717) is 0 Å². The molecule has 1 atom stereocenters. The van der Waals surface area contributed by atoms with E-state index in [2.05, 4.69) is 59.7 Å². The smallest absolute Gasteiger partial charge is 0.134 e. The number of aromatic amines is 1. The average Bonchev–Trinajstić information content (AvgIpc) is 3.33. The van der Waals surface area contributed by atoms with Crippen molar-refractivity contribution in [1.29, 1.82) is 0 Å². The molecule has 0 fully saturated rings. The van der Waals surface area contributed by atoms with Gasteiger partial charge in [0.05, 0.1) is 13.0 Å². The molecule has 3 heteroatoms. The SMILES string of the molecule is COc1ccc2oc(C(c3ccccc3)c3c[nH]c4ccccc34)cc2c1. The second-order valence-electron chi connectivity index (χ2n) is 6.69. The lowest BCUT2D eigenvalue weighted by Gasteiger charge is -2.15. The van der Waals surface area contributed by atoms with Gasteiger partial charge in [-0.15, -0.1) is 0 Å². The van der Waals surface area contributed by atoms with Gasteiger partial charge in [0.15, 0.2) is 0 Å². The predicted octanol–water partition coefficient (Wildman–Crippen LogP) is 6.10. The average molecular weight is 353 g/mol. The van der Waals surface area contributed by atoms with Gasteiger partial charge in [0.25, 0.3) is 0 Å². The Morgan fingerprint density at radius 1 is 0.889 bits per heavy atom. The number of methoxy groups -OCH3 is 1. The first-order valence-corrected chi connectivity index (χ1v) is 9.02. The van der Waals surface area contributed by atoms with Crippen LogP contribution in [0, 0.1) is 0 Å². The zero-order chi connectivity index (χ0) is 18.2. The minimum absolute atomic E-state index is 0.0146. The van der Waals surface area contributed by atoms with Crippen LogP contribution < -0.4 is 4.74 Å². The zero-order valence-electron chi connectivity index (χ0n) is 15.0. The van der Waals surface area contributed by atoms with Crippen LogP contribution in [-0.2, 0) is 0 Å². The summed E-state index contributed by atoms with van der Waals surface area (Å²) in [5.41, 5.74) is 4.41. The second kappa shape index (κ2) is 6.36. The van der Waals surface area contributed by atoms with Crippen LogP contribution in [0.5, 0.6) is 5.75 Å². The van der Waals surface area contributed by atoms with Gasteiger partial charge in [-0.25, -0.2) is 0 Å². The lowest BCUT2D eigenvalue weighted by molar-refractivity contribution is 0.415. The van der Waals surface area contributed by atoms with Gasteiger partial charge in [-0.3, -0.25) is 0 Å². The number of fused-ring (bicyclic) bond motifs is 2. The molecule has 0 aliphatic heterocycles. The normalized spacial score (nSPS) is 12.5. The molecule has 5 rings (SSSR count). The molecule has 1 N–H and O–H groups in total. The zero-order valence-corrected chi connectivity index (χ0v) is 15.0. The summed E-state index contributed by atoms with van der Waals surface area (Å²) in [6.07, 6.45) is 2.09. The van der Waals surface area contributed by atoms with E-state index < -0.39 is 0 Å². The Kier molecular flexibility index (Phi) is 3.72. The van der Waals surface area contributed by atoms with E-state index in [1.54, 1.807) is 7.11 Å². The van der Waals surface area contributed by atoms with Crippen molar-refractivity contribution in [1.82, 2.24) is 4.98 Å². The summed E-state index contributed by atoms with van der Waals surface area (Å²) >= 11 is 0. The maximum absolute atomic E-state index is 6.29. The molecule has 0 radical (unpaired) electrons. The molecule has 0 bridgehead atoms. The minimum Gasteiger partial charge on any atom is -0.497 e. The number of H-pyrrole nitrogens is 1. The van der Waals surface area contributed by atoms with Gasteiger partial charge in [0.2, 0.25) is 0 Å². The number of para-hydroxylation sites is 1. The molecule has 27 heavy (non-hydrogen) atoms. The van der Waals surface area contributed by atoms with Crippen LogP contribution in [0.3, 0.4) is 0 Å². The highest BCUT2D eigenvalue weighted by Crippen LogP contribution is 2.39. The number of benzene rings is 3. The van der Waals surface area contributed by atoms with Crippen molar-refractivity contribution in [2.24, 2.45) is 0 Å². The molecule has 0 amide bonds. The maximum Gasteiger partial charge on any atom is 0.134 e. The predicted molar refractivity (Wildman–Crippen MR) is 108 cm³/mol. The number of nitrogens with one attached hydrogen (secondary N) is 1. The fourth-order valence-electron chi connectivity index (χ4n) is 3.79. The summed E-state index contributed by atoms with van der Waals surface area (Å²) in [5, 5.41) is 2.26. The minimum atomic E-state index is 0.0146. The van der Waals surface area contributed by atoms with Gasteiger partial charge < -0.3 is 14.1 Å². The largest absolute Gasteiger partial charge is 0.497 e. The Balaban J connectivity index is 1.73. The number of hydrogen-bond acceptors (Lipinski definition) is 2. The van der Waals surface area contributed by atoms with E-state index in [9.17, 15) is 0 Å². The van der Waals surface area contributed by atoms with Crippen molar-refractivity contribution in [3.05, 3.63) is 102 Å². The number of rotatable bonds is 4. The van der Waals surface area contributed by atoms with Crippen LogP contribution in [0.2, 0.25) is 0 Å². The molecule has 0 spiro atoms. The molecular formula is C24H19NO2. The fraction of sp³-hybridized carbons (Fsp3) is 0.0833. The summed E-state index contributed by atoms with van der Waals surface area (Å²) in [6.45, 7) is 0. The number of furan rings is 1. The van der Waals surface area contributed by atoms with Crippen LogP contribution in [-0.4, -0.2) is 12.1 Å². The van der Waals surface area contributed by atoms with Gasteiger partial charge in [0, 0.05) is 22.5 Å². The molecule has 2 heterocycles. The summed E-state index contributed by atoms with van der Waals surface area (Å²) < 4.78 is 11.6. The van der Waals surface area contributed by atoms with Crippen molar-refractivity contribution in [3.8, 4) is 5.75 Å². The van der Waals surface area contributed by atoms with Crippen LogP contribution in [0.4, 0.5) is 0 Å². The van der Waals surface area contributed by atoms with Crippen LogP contribution in [0.15, 0.2) is 89.5 Å². The van der Waals surface area contributed by atoms with E-state index in [1.807, 2.05) is 30.3 Å². The van der Waals surface area contributed by atoms with Gasteiger partial charge in [0.1, 0.15) is 17.1 Å². The number of hydrogen-bond donors (Lipinski definition) is 1. The molecule has 3 aromatic carbocycles. The van der Waals surface area contributed by atoms with E-state index in [-0.39, 0.29) is 5.92 Å². The molecular weight excluding hydrogens is 334 g/mol. The standard InChI is InChI=1S/C24H19NO2/c1-26-18-11-12-22-17(13-18)14-23(27-22)24(16-7-3-2-4-8-16)20-15-25-21-10-6-5-9-19(20)21/h2-15,24-25H,1H3.